The monoisotopic (exact) mass is 322 g/mol. The first kappa shape index (κ1) is 17.1. The number of amides is 1. The van der Waals surface area contributed by atoms with Crippen molar-refractivity contribution >= 4 is 6.09 Å². The van der Waals surface area contributed by atoms with Crippen LogP contribution in [-0.2, 0) is 11.3 Å². The number of hydrogen-bond acceptors (Lipinski definition) is 3. The van der Waals surface area contributed by atoms with Crippen LogP contribution in [0.3, 0.4) is 0 Å². The number of hydrogen-bond donors (Lipinski definition) is 1. The summed E-state index contributed by atoms with van der Waals surface area (Å²) in [5, 5.41) is 11.5. The molecule has 24 heavy (non-hydrogen) atoms. The summed E-state index contributed by atoms with van der Waals surface area (Å²) < 4.78 is 18.1. The summed E-state index contributed by atoms with van der Waals surface area (Å²) in [6.45, 7) is 0.531. The van der Waals surface area contributed by atoms with E-state index in [1.54, 1.807) is 0 Å². The fourth-order valence-electron chi connectivity index (χ4n) is 1.88. The average Bonchev–Trinajstić information content (AvgIpc) is 2.61. The zero-order valence-corrected chi connectivity index (χ0v) is 12.9. The van der Waals surface area contributed by atoms with Crippen LogP contribution in [-0.4, -0.2) is 12.6 Å². The van der Waals surface area contributed by atoms with Gasteiger partial charge in [-0.15, -0.1) is 0 Å². The van der Waals surface area contributed by atoms with E-state index in [2.05, 4.69) is 17.2 Å². The van der Waals surface area contributed by atoms with E-state index < -0.39 is 11.9 Å². The summed E-state index contributed by atoms with van der Waals surface area (Å²) in [5.74, 6) is 5.15. The summed E-state index contributed by atoms with van der Waals surface area (Å²) in [4.78, 5) is 11.5. The molecule has 0 heterocycles. The molecule has 0 saturated heterocycles. The normalized spacial score (nSPS) is 9.33. The average molecular weight is 322 g/mol. The van der Waals surface area contributed by atoms with Gasteiger partial charge in [0, 0.05) is 18.5 Å². The fourth-order valence-corrected chi connectivity index (χ4v) is 1.88. The predicted octanol–water partition coefficient (Wildman–Crippen LogP) is 3.37. The van der Waals surface area contributed by atoms with Gasteiger partial charge in [0.2, 0.25) is 0 Å². The Hall–Kier alpha value is -3.31. The first-order valence-electron chi connectivity index (χ1n) is 7.32. The molecule has 1 N–H and O–H groups in total. The van der Waals surface area contributed by atoms with E-state index in [0.29, 0.717) is 18.5 Å². The number of ether oxygens (including phenoxy) is 1. The first-order valence-corrected chi connectivity index (χ1v) is 7.32. The highest BCUT2D eigenvalue weighted by Crippen LogP contribution is 2.08. The SMILES string of the molecule is N#Cc1cc(F)ccc1C#CCCNC(=O)OCc1ccccc1. The van der Waals surface area contributed by atoms with Gasteiger partial charge < -0.3 is 10.1 Å². The third kappa shape index (κ3) is 5.47. The number of carbonyl (C=O) groups excluding carboxylic acids is 1. The standard InChI is InChI=1S/C19H15FN2O2/c20-18-10-9-16(17(12-18)13-21)8-4-5-11-22-19(23)24-14-15-6-2-1-3-7-15/h1-3,6-7,9-10,12H,5,11,14H2,(H,22,23). The minimum absolute atomic E-state index is 0.192. The summed E-state index contributed by atoms with van der Waals surface area (Å²) in [5.41, 5.74) is 1.57. The van der Waals surface area contributed by atoms with Crippen molar-refractivity contribution in [1.29, 1.82) is 5.26 Å². The van der Waals surface area contributed by atoms with Gasteiger partial charge in [0.05, 0.1) is 5.56 Å². The summed E-state index contributed by atoms with van der Waals surface area (Å²) in [7, 11) is 0. The van der Waals surface area contributed by atoms with Crippen LogP contribution in [0.15, 0.2) is 48.5 Å². The highest BCUT2D eigenvalue weighted by atomic mass is 19.1. The molecule has 0 aliphatic carbocycles. The van der Waals surface area contributed by atoms with Crippen LogP contribution >= 0.6 is 0 Å². The van der Waals surface area contributed by atoms with Crippen molar-refractivity contribution < 1.29 is 13.9 Å². The predicted molar refractivity (Wildman–Crippen MR) is 87.2 cm³/mol. The molecule has 0 atom stereocenters. The molecule has 0 aliphatic heterocycles. The van der Waals surface area contributed by atoms with E-state index in [9.17, 15) is 9.18 Å². The molecule has 4 nitrogen and oxygen atoms in total. The van der Waals surface area contributed by atoms with Crippen LogP contribution in [0.25, 0.3) is 0 Å². The van der Waals surface area contributed by atoms with Gasteiger partial charge in [0.1, 0.15) is 18.5 Å². The zero-order valence-electron chi connectivity index (χ0n) is 12.9. The number of rotatable bonds is 4. The maximum absolute atomic E-state index is 13.0. The second-order valence-corrected chi connectivity index (χ2v) is 4.84. The third-order valence-electron chi connectivity index (χ3n) is 3.06. The lowest BCUT2D eigenvalue weighted by atomic mass is 10.1. The van der Waals surface area contributed by atoms with Crippen molar-refractivity contribution in [2.75, 3.05) is 6.54 Å². The molecule has 1 amide bonds. The number of halogens is 1. The van der Waals surface area contributed by atoms with Crippen LogP contribution in [0.5, 0.6) is 0 Å². The number of alkyl carbamates (subject to hydrolysis) is 1. The number of carbonyl (C=O) groups is 1. The van der Waals surface area contributed by atoms with Gasteiger partial charge >= 0.3 is 6.09 Å². The van der Waals surface area contributed by atoms with Crippen LogP contribution in [0.4, 0.5) is 9.18 Å². The molecule has 2 rings (SSSR count). The minimum atomic E-state index is -0.514. The Balaban J connectivity index is 1.74. The third-order valence-corrected chi connectivity index (χ3v) is 3.06. The molecule has 0 fully saturated rings. The number of nitriles is 1. The Morgan fingerprint density at radius 3 is 2.71 bits per heavy atom. The number of benzene rings is 2. The number of nitrogens with zero attached hydrogens (tertiary/aromatic N) is 1. The van der Waals surface area contributed by atoms with Crippen molar-refractivity contribution in [2.24, 2.45) is 0 Å². The van der Waals surface area contributed by atoms with Crippen LogP contribution in [0.2, 0.25) is 0 Å². The van der Waals surface area contributed by atoms with Crippen molar-refractivity contribution in [1.82, 2.24) is 5.32 Å². The van der Waals surface area contributed by atoms with Gasteiger partial charge in [0.25, 0.3) is 0 Å². The van der Waals surface area contributed by atoms with Crippen molar-refractivity contribution in [3.8, 4) is 17.9 Å². The highest BCUT2D eigenvalue weighted by Gasteiger charge is 2.02. The molecule has 0 radical (unpaired) electrons. The first-order chi connectivity index (χ1) is 11.7. The highest BCUT2D eigenvalue weighted by molar-refractivity contribution is 5.67. The fraction of sp³-hybridized carbons (Fsp3) is 0.158. The smallest absolute Gasteiger partial charge is 0.407 e. The Morgan fingerprint density at radius 2 is 1.96 bits per heavy atom. The lowest BCUT2D eigenvalue weighted by molar-refractivity contribution is 0.140. The summed E-state index contributed by atoms with van der Waals surface area (Å²) in [6.07, 6.45) is -0.122. The van der Waals surface area contributed by atoms with E-state index in [4.69, 9.17) is 10.00 Å². The molecule has 0 spiro atoms. The lowest BCUT2D eigenvalue weighted by Gasteiger charge is -2.05. The van der Waals surface area contributed by atoms with Gasteiger partial charge in [-0.25, -0.2) is 9.18 Å². The summed E-state index contributed by atoms with van der Waals surface area (Å²) >= 11 is 0. The molecule has 0 saturated carbocycles. The second-order valence-electron chi connectivity index (χ2n) is 4.84. The van der Waals surface area contributed by atoms with Crippen molar-refractivity contribution in [2.45, 2.75) is 13.0 Å². The van der Waals surface area contributed by atoms with E-state index in [1.165, 1.54) is 12.1 Å². The topological polar surface area (TPSA) is 62.1 Å². The second kappa shape index (κ2) is 8.97. The van der Waals surface area contributed by atoms with Gasteiger partial charge in [-0.1, -0.05) is 42.2 Å². The number of nitrogens with one attached hydrogen (secondary N) is 1. The van der Waals surface area contributed by atoms with E-state index in [1.807, 2.05) is 36.4 Å². The molecule has 5 heteroatoms. The van der Waals surface area contributed by atoms with Crippen LogP contribution in [0.1, 0.15) is 23.1 Å². The molecule has 0 unspecified atom stereocenters. The maximum Gasteiger partial charge on any atom is 0.407 e. The zero-order chi connectivity index (χ0) is 17.2. The molecule has 2 aromatic rings. The van der Waals surface area contributed by atoms with Gasteiger partial charge in [-0.05, 0) is 23.8 Å². The summed E-state index contributed by atoms with van der Waals surface area (Å²) in [6, 6.07) is 15.1. The van der Waals surface area contributed by atoms with Gasteiger partial charge in [-0.3, -0.25) is 0 Å². The molecule has 2 aromatic carbocycles. The van der Waals surface area contributed by atoms with E-state index in [0.717, 1.165) is 11.6 Å². The molecule has 120 valence electrons. The lowest BCUT2D eigenvalue weighted by Crippen LogP contribution is -2.24. The van der Waals surface area contributed by atoms with Crippen molar-refractivity contribution in [3.05, 3.63) is 71.0 Å². The van der Waals surface area contributed by atoms with E-state index >= 15 is 0 Å². The van der Waals surface area contributed by atoms with Crippen molar-refractivity contribution in [3.63, 3.8) is 0 Å². The Kier molecular flexibility index (Phi) is 6.37. The maximum atomic E-state index is 13.0. The molecular formula is C19H15FN2O2. The largest absolute Gasteiger partial charge is 0.445 e. The van der Waals surface area contributed by atoms with Gasteiger partial charge in [-0.2, -0.15) is 5.26 Å². The minimum Gasteiger partial charge on any atom is -0.445 e. The Morgan fingerprint density at radius 1 is 1.17 bits per heavy atom. The molecule has 0 aliphatic rings. The molecule has 0 bridgehead atoms. The molecule has 0 aromatic heterocycles. The molecular weight excluding hydrogens is 307 g/mol. The van der Waals surface area contributed by atoms with Crippen LogP contribution < -0.4 is 5.32 Å². The Bertz CT molecular complexity index is 802. The quantitative estimate of drug-likeness (QED) is 0.693. The van der Waals surface area contributed by atoms with E-state index in [-0.39, 0.29) is 12.2 Å². The van der Waals surface area contributed by atoms with Crippen LogP contribution in [0, 0.1) is 29.0 Å². The Labute approximate surface area is 139 Å². The van der Waals surface area contributed by atoms with Gasteiger partial charge in [0.15, 0.2) is 0 Å².